The first-order valence-electron chi connectivity index (χ1n) is 11.3. The van der Waals surface area contributed by atoms with Crippen LogP contribution in [-0.2, 0) is 4.79 Å². The Balaban J connectivity index is 1.84. The van der Waals surface area contributed by atoms with Gasteiger partial charge >= 0.3 is 5.97 Å². The fraction of sp³-hybridized carbons (Fsp3) is 0.423. The van der Waals surface area contributed by atoms with E-state index in [0.29, 0.717) is 12.2 Å². The molecule has 1 aliphatic carbocycles. The Kier molecular flexibility index (Phi) is 6.21. The second-order valence-electron chi connectivity index (χ2n) is 8.66. The summed E-state index contributed by atoms with van der Waals surface area (Å²) in [6.45, 7) is 7.66. The molecule has 2 heterocycles. The van der Waals surface area contributed by atoms with E-state index in [9.17, 15) is 9.90 Å². The van der Waals surface area contributed by atoms with E-state index in [0.717, 1.165) is 67.0 Å². The molecule has 0 radical (unpaired) electrons. The number of hydrogen-bond donors (Lipinski definition) is 1. The van der Waals surface area contributed by atoms with Gasteiger partial charge in [0.05, 0.1) is 5.92 Å². The molecule has 0 saturated carbocycles. The van der Waals surface area contributed by atoms with Crippen LogP contribution in [0.1, 0.15) is 61.8 Å². The lowest BCUT2D eigenvalue weighted by molar-refractivity contribution is -0.139. The van der Waals surface area contributed by atoms with E-state index < -0.39 is 11.9 Å². The Bertz CT molecular complexity index is 1050. The summed E-state index contributed by atoms with van der Waals surface area (Å²) in [4.78, 5) is 24.3. The fourth-order valence-electron chi connectivity index (χ4n) is 4.76. The van der Waals surface area contributed by atoms with Crippen LogP contribution in [0.15, 0.2) is 47.6 Å². The van der Waals surface area contributed by atoms with Crippen LogP contribution in [0.3, 0.4) is 0 Å². The average Bonchev–Trinajstić information content (AvgIpc) is 2.77. The molecule has 4 rings (SSSR count). The standard InChI is InChI=1S/C26H31N3O2/c1-4-8-22(26(30)31)23-18(3)27-24(20-12-7-9-17(2)15-20)28-25(23)29-14-13-19-10-5-6-11-21(19)16-29/h6-7,9,11-12,15,22H,4-5,8,10,13-14,16H2,1-3H3,(H,30,31). The largest absolute Gasteiger partial charge is 0.481 e. The van der Waals surface area contributed by atoms with Crippen molar-refractivity contribution < 1.29 is 9.90 Å². The predicted octanol–water partition coefficient (Wildman–Crippen LogP) is 5.59. The summed E-state index contributed by atoms with van der Waals surface area (Å²) in [6.07, 6.45) is 9.12. The van der Waals surface area contributed by atoms with E-state index in [1.54, 1.807) is 0 Å². The maximum atomic E-state index is 12.2. The molecule has 0 fully saturated rings. The molecule has 1 unspecified atom stereocenters. The molecule has 1 aromatic carbocycles. The number of allylic oxidation sites excluding steroid dienone is 1. The molecule has 31 heavy (non-hydrogen) atoms. The van der Waals surface area contributed by atoms with E-state index in [1.165, 1.54) is 11.1 Å². The van der Waals surface area contributed by atoms with Crippen LogP contribution in [0.4, 0.5) is 5.82 Å². The summed E-state index contributed by atoms with van der Waals surface area (Å²) in [7, 11) is 0. The number of benzene rings is 1. The Morgan fingerprint density at radius 1 is 1.23 bits per heavy atom. The van der Waals surface area contributed by atoms with E-state index in [-0.39, 0.29) is 0 Å². The van der Waals surface area contributed by atoms with Gasteiger partial charge in [-0.3, -0.25) is 4.79 Å². The van der Waals surface area contributed by atoms with Crippen molar-refractivity contribution in [2.75, 3.05) is 18.0 Å². The Hall–Kier alpha value is -2.95. The van der Waals surface area contributed by atoms with Gasteiger partial charge in [0, 0.05) is 29.9 Å². The molecule has 0 bridgehead atoms. The molecular formula is C26H31N3O2. The number of carbonyl (C=O) groups is 1. The number of hydrogen-bond acceptors (Lipinski definition) is 4. The molecule has 1 atom stereocenters. The van der Waals surface area contributed by atoms with E-state index in [2.05, 4.69) is 36.1 Å². The van der Waals surface area contributed by atoms with Crippen LogP contribution in [0.25, 0.3) is 11.4 Å². The third kappa shape index (κ3) is 4.41. The molecule has 0 amide bonds. The lowest BCUT2D eigenvalue weighted by Crippen LogP contribution is -2.34. The second kappa shape index (κ2) is 9.04. The van der Waals surface area contributed by atoms with Crippen LogP contribution >= 0.6 is 0 Å². The van der Waals surface area contributed by atoms with E-state index in [1.807, 2.05) is 26.0 Å². The number of carboxylic acids is 1. The number of rotatable bonds is 6. The van der Waals surface area contributed by atoms with Gasteiger partial charge in [-0.1, -0.05) is 54.8 Å². The Morgan fingerprint density at radius 3 is 2.81 bits per heavy atom. The molecule has 1 aliphatic heterocycles. The highest BCUT2D eigenvalue weighted by Crippen LogP contribution is 2.37. The summed E-state index contributed by atoms with van der Waals surface area (Å²) < 4.78 is 0. The zero-order valence-corrected chi connectivity index (χ0v) is 18.7. The maximum Gasteiger partial charge on any atom is 0.311 e. The lowest BCUT2D eigenvalue weighted by atomic mass is 9.90. The minimum atomic E-state index is -0.799. The van der Waals surface area contributed by atoms with Crippen molar-refractivity contribution in [3.05, 3.63) is 64.4 Å². The van der Waals surface area contributed by atoms with Crippen LogP contribution in [0.5, 0.6) is 0 Å². The molecule has 1 aromatic heterocycles. The summed E-state index contributed by atoms with van der Waals surface area (Å²) in [5, 5.41) is 10.0. The Labute approximate surface area is 184 Å². The zero-order valence-electron chi connectivity index (χ0n) is 18.7. The third-order valence-electron chi connectivity index (χ3n) is 6.35. The summed E-state index contributed by atoms with van der Waals surface area (Å²) in [6, 6.07) is 8.17. The monoisotopic (exact) mass is 417 g/mol. The average molecular weight is 418 g/mol. The van der Waals surface area contributed by atoms with Gasteiger partial charge in [0.2, 0.25) is 0 Å². The van der Waals surface area contributed by atoms with Gasteiger partial charge in [0.1, 0.15) is 5.82 Å². The number of aliphatic carboxylic acids is 1. The zero-order chi connectivity index (χ0) is 22.0. The van der Waals surface area contributed by atoms with Crippen LogP contribution < -0.4 is 4.90 Å². The van der Waals surface area contributed by atoms with Gasteiger partial charge in [-0.25, -0.2) is 9.97 Å². The van der Waals surface area contributed by atoms with Gasteiger partial charge in [-0.15, -0.1) is 0 Å². The van der Waals surface area contributed by atoms with Crippen LogP contribution in [-0.4, -0.2) is 34.1 Å². The number of anilines is 1. The first kappa shape index (κ1) is 21.3. The predicted molar refractivity (Wildman–Crippen MR) is 124 cm³/mol. The molecule has 0 spiro atoms. The molecule has 1 N–H and O–H groups in total. The van der Waals surface area contributed by atoms with Gasteiger partial charge in [-0.2, -0.15) is 0 Å². The molecule has 162 valence electrons. The summed E-state index contributed by atoms with van der Waals surface area (Å²) in [5.74, 6) is 0.0614. The first-order chi connectivity index (χ1) is 15.0. The highest BCUT2D eigenvalue weighted by atomic mass is 16.4. The van der Waals surface area contributed by atoms with Crippen molar-refractivity contribution in [3.63, 3.8) is 0 Å². The van der Waals surface area contributed by atoms with Crippen molar-refractivity contribution in [2.24, 2.45) is 0 Å². The number of aryl methyl sites for hydroxylation is 2. The molecule has 5 heteroatoms. The van der Waals surface area contributed by atoms with Gasteiger partial charge in [0.15, 0.2) is 5.82 Å². The number of carboxylic acid groups (broad SMARTS) is 1. The van der Waals surface area contributed by atoms with Crippen molar-refractivity contribution in [2.45, 2.75) is 58.8 Å². The minimum Gasteiger partial charge on any atom is -0.481 e. The molecule has 0 saturated heterocycles. The molecular weight excluding hydrogens is 386 g/mol. The molecule has 2 aromatic rings. The first-order valence-corrected chi connectivity index (χ1v) is 11.3. The van der Waals surface area contributed by atoms with E-state index >= 15 is 0 Å². The van der Waals surface area contributed by atoms with Gasteiger partial charge in [-0.05, 0) is 51.2 Å². The highest BCUT2D eigenvalue weighted by molar-refractivity contribution is 5.79. The SMILES string of the molecule is CCCC(C(=O)O)c1c(C)nc(-c2cccc(C)c2)nc1N1CCC2=C(C=CCC2)C1. The molecule has 5 nitrogen and oxygen atoms in total. The van der Waals surface area contributed by atoms with Crippen molar-refractivity contribution in [3.8, 4) is 11.4 Å². The van der Waals surface area contributed by atoms with Crippen LogP contribution in [0, 0.1) is 13.8 Å². The van der Waals surface area contributed by atoms with Crippen molar-refractivity contribution in [1.29, 1.82) is 0 Å². The van der Waals surface area contributed by atoms with Crippen molar-refractivity contribution >= 4 is 11.8 Å². The maximum absolute atomic E-state index is 12.2. The minimum absolute atomic E-state index is 0.581. The van der Waals surface area contributed by atoms with E-state index in [4.69, 9.17) is 9.97 Å². The topological polar surface area (TPSA) is 66.3 Å². The molecule has 2 aliphatic rings. The van der Waals surface area contributed by atoms with Gasteiger partial charge < -0.3 is 10.0 Å². The van der Waals surface area contributed by atoms with Gasteiger partial charge in [0.25, 0.3) is 0 Å². The van der Waals surface area contributed by atoms with Crippen LogP contribution in [0.2, 0.25) is 0 Å². The second-order valence-corrected chi connectivity index (χ2v) is 8.66. The number of aromatic nitrogens is 2. The highest BCUT2D eigenvalue weighted by Gasteiger charge is 2.30. The Morgan fingerprint density at radius 2 is 2.06 bits per heavy atom. The van der Waals surface area contributed by atoms with Crippen molar-refractivity contribution in [1.82, 2.24) is 9.97 Å². The lowest BCUT2D eigenvalue weighted by Gasteiger charge is -2.34. The summed E-state index contributed by atoms with van der Waals surface area (Å²) in [5.41, 5.74) is 6.55. The normalized spacial score (nSPS) is 16.9. The quantitative estimate of drug-likeness (QED) is 0.664. The number of nitrogens with zero attached hydrogens (tertiary/aromatic N) is 3. The smallest absolute Gasteiger partial charge is 0.311 e. The summed E-state index contributed by atoms with van der Waals surface area (Å²) >= 11 is 0. The fourth-order valence-corrected chi connectivity index (χ4v) is 4.76. The third-order valence-corrected chi connectivity index (χ3v) is 6.35.